The number of phenols is 2. The maximum atomic E-state index is 11.0. The largest absolute Gasteiger partial charge is 2.00 e. The third-order valence-electron chi connectivity index (χ3n) is 3.15. The van der Waals surface area contributed by atoms with Gasteiger partial charge >= 0.3 is 17.1 Å². The third-order valence-corrected chi connectivity index (χ3v) is 3.15. The van der Waals surface area contributed by atoms with E-state index in [0.717, 1.165) is 5.57 Å². The van der Waals surface area contributed by atoms with Crippen LogP contribution < -0.4 is 20.3 Å². The Hall–Kier alpha value is -2.49. The number of allylic oxidation sites excluding steroid dienone is 4. The topological polar surface area (TPSA) is 72.8 Å². The number of methoxy groups -OCH3 is 1. The van der Waals surface area contributed by atoms with Crippen molar-refractivity contribution in [3.63, 3.8) is 0 Å². The zero-order valence-corrected chi connectivity index (χ0v) is 13.5. The van der Waals surface area contributed by atoms with Gasteiger partial charge in [-0.2, -0.15) is 18.2 Å². The van der Waals surface area contributed by atoms with Crippen LogP contribution in [0.25, 0.3) is 11.8 Å². The summed E-state index contributed by atoms with van der Waals surface area (Å²) in [4.78, 5) is 0. The predicted molar refractivity (Wildman–Crippen MR) is 83.8 cm³/mol. The van der Waals surface area contributed by atoms with Gasteiger partial charge in [-0.3, -0.25) is 0 Å². The molecule has 0 saturated heterocycles. The minimum atomic E-state index is -0.462. The number of aromatic hydroxyl groups is 2. The van der Waals surface area contributed by atoms with Gasteiger partial charge in [0.2, 0.25) is 5.75 Å². The molecule has 5 heteroatoms. The van der Waals surface area contributed by atoms with Gasteiger partial charge in [0.05, 0.1) is 7.11 Å². The Balaban J connectivity index is 0.000000377. The molecule has 120 valence electrons. The Bertz CT molecular complexity index is 771. The zero-order chi connectivity index (χ0) is 15.9. The van der Waals surface area contributed by atoms with Crippen LogP contribution in [0, 0.1) is 0 Å². The van der Waals surface area contributed by atoms with Crippen LogP contribution in [0.15, 0.2) is 60.7 Å². The number of hydrogen-bond acceptors (Lipinski definition) is 4. The van der Waals surface area contributed by atoms with Crippen LogP contribution in [0.5, 0.6) is 17.2 Å². The monoisotopic (exact) mass is 352 g/mol. The maximum Gasteiger partial charge on any atom is 2.00 e. The molecular weight excluding hydrogens is 336 g/mol. The van der Waals surface area contributed by atoms with Gasteiger partial charge in [0.25, 0.3) is 0 Å². The molecule has 2 aromatic carbocycles. The van der Waals surface area contributed by atoms with Crippen LogP contribution in [-0.4, -0.2) is 17.3 Å². The molecule has 0 unspecified atom stereocenters. The normalized spacial score (nSPS) is 12.6. The molecule has 0 radical (unpaired) electrons. The summed E-state index contributed by atoms with van der Waals surface area (Å²) in [5.41, 5.74) is 0.778. The third kappa shape index (κ3) is 4.25. The molecule has 4 nitrogen and oxygen atoms in total. The Morgan fingerprint density at radius 2 is 1.70 bits per heavy atom. The molecule has 0 atom stereocenters. The van der Waals surface area contributed by atoms with Gasteiger partial charge in [0.15, 0.2) is 11.5 Å². The second-order valence-electron chi connectivity index (χ2n) is 4.49. The van der Waals surface area contributed by atoms with Crippen molar-refractivity contribution in [1.82, 2.24) is 0 Å². The SMILES string of the molecule is COc1cc(=C2C=CC=C2)c(=C[O-])c(O)c1O.[Fe+2].c1cc[cH-]c1. The molecule has 3 rings (SSSR count). The Morgan fingerprint density at radius 1 is 1.09 bits per heavy atom. The molecule has 0 aromatic heterocycles. The van der Waals surface area contributed by atoms with Crippen molar-refractivity contribution >= 4 is 11.8 Å². The van der Waals surface area contributed by atoms with Crippen molar-refractivity contribution in [2.45, 2.75) is 0 Å². The summed E-state index contributed by atoms with van der Waals surface area (Å²) in [7, 11) is 1.38. The van der Waals surface area contributed by atoms with E-state index in [9.17, 15) is 15.3 Å². The average molecular weight is 352 g/mol. The smallest absolute Gasteiger partial charge is 0.877 e. The van der Waals surface area contributed by atoms with Crippen LogP contribution in [0.2, 0.25) is 0 Å². The first-order valence-electron chi connectivity index (χ1n) is 6.66. The van der Waals surface area contributed by atoms with Crippen molar-refractivity contribution in [2.24, 2.45) is 0 Å². The fraction of sp³-hybridized carbons (Fsp3) is 0.0556. The Kier molecular flexibility index (Phi) is 7.13. The molecule has 1 aliphatic rings. The number of benzene rings is 1. The van der Waals surface area contributed by atoms with Crippen LogP contribution in [0.3, 0.4) is 0 Å². The standard InChI is InChI=1S/C13H12O4.C5H5.Fe/c1-17-11-6-9(8-4-2-3-5-8)10(7-14)12(15)13(11)16;1-2-4-5-3-1;/h2-7,14-16H,1H3;1-5H;/q;-1;+2/p-1. The predicted octanol–water partition coefficient (Wildman–Crippen LogP) is 0.884. The second-order valence-corrected chi connectivity index (χ2v) is 4.49. The minimum Gasteiger partial charge on any atom is -0.877 e. The summed E-state index contributed by atoms with van der Waals surface area (Å²) < 4.78 is 4.94. The molecule has 0 saturated carbocycles. The molecule has 0 amide bonds. The van der Waals surface area contributed by atoms with E-state index in [1.165, 1.54) is 13.2 Å². The molecule has 0 spiro atoms. The minimum absolute atomic E-state index is 0. The summed E-state index contributed by atoms with van der Waals surface area (Å²) in [6.07, 6.45) is 7.76. The van der Waals surface area contributed by atoms with Gasteiger partial charge in [-0.25, -0.2) is 12.1 Å². The number of ether oxygens (including phenoxy) is 1. The summed E-state index contributed by atoms with van der Waals surface area (Å²) >= 11 is 0. The molecule has 0 heterocycles. The van der Waals surface area contributed by atoms with Crippen LogP contribution >= 0.6 is 0 Å². The zero-order valence-electron chi connectivity index (χ0n) is 12.4. The van der Waals surface area contributed by atoms with E-state index in [1.807, 2.05) is 42.5 Å². The van der Waals surface area contributed by atoms with Crippen molar-refractivity contribution < 1.29 is 37.1 Å². The maximum absolute atomic E-state index is 11.0. The van der Waals surface area contributed by atoms with Crippen LogP contribution in [-0.2, 0) is 17.1 Å². The van der Waals surface area contributed by atoms with Gasteiger partial charge in [-0.05, 0) is 16.9 Å². The second kappa shape index (κ2) is 8.83. The van der Waals surface area contributed by atoms with E-state index < -0.39 is 11.5 Å². The summed E-state index contributed by atoms with van der Waals surface area (Å²) in [6.45, 7) is 0. The molecule has 2 N–H and O–H groups in total. The molecule has 23 heavy (non-hydrogen) atoms. The fourth-order valence-electron chi connectivity index (χ4n) is 2.04. The van der Waals surface area contributed by atoms with E-state index in [2.05, 4.69) is 0 Å². The Morgan fingerprint density at radius 3 is 2.13 bits per heavy atom. The summed E-state index contributed by atoms with van der Waals surface area (Å²) in [5, 5.41) is 30.9. The molecular formula is C18H16FeO4. The van der Waals surface area contributed by atoms with Gasteiger partial charge < -0.3 is 20.1 Å². The van der Waals surface area contributed by atoms with Gasteiger partial charge in [-0.15, -0.1) is 6.26 Å². The van der Waals surface area contributed by atoms with Crippen molar-refractivity contribution in [1.29, 1.82) is 0 Å². The van der Waals surface area contributed by atoms with Crippen molar-refractivity contribution in [2.75, 3.05) is 7.11 Å². The van der Waals surface area contributed by atoms with E-state index in [-0.39, 0.29) is 28.0 Å². The molecule has 2 aromatic rings. The Labute approximate surface area is 144 Å². The van der Waals surface area contributed by atoms with E-state index in [4.69, 9.17) is 4.74 Å². The number of hydrogen-bond donors (Lipinski definition) is 2. The first-order chi connectivity index (χ1) is 10.7. The molecule has 0 aliphatic heterocycles. The van der Waals surface area contributed by atoms with Gasteiger partial charge in [0.1, 0.15) is 0 Å². The van der Waals surface area contributed by atoms with E-state index >= 15 is 0 Å². The van der Waals surface area contributed by atoms with Crippen molar-refractivity contribution in [3.05, 3.63) is 71.1 Å². The quantitative estimate of drug-likeness (QED) is 0.454. The fourth-order valence-corrected chi connectivity index (χ4v) is 2.04. The van der Waals surface area contributed by atoms with Crippen LogP contribution in [0.4, 0.5) is 0 Å². The van der Waals surface area contributed by atoms with E-state index in [0.29, 0.717) is 11.5 Å². The average Bonchev–Trinajstić information content (AvgIpc) is 3.25. The first kappa shape index (κ1) is 18.6. The van der Waals surface area contributed by atoms with E-state index in [1.54, 1.807) is 12.2 Å². The molecule has 0 fully saturated rings. The molecule has 1 aliphatic carbocycles. The summed E-state index contributed by atoms with van der Waals surface area (Å²) in [6, 6.07) is 11.5. The number of phenolic OH excluding ortho intramolecular Hbond substituents is 2. The van der Waals surface area contributed by atoms with Gasteiger partial charge in [-0.1, -0.05) is 24.3 Å². The van der Waals surface area contributed by atoms with Crippen molar-refractivity contribution in [3.8, 4) is 17.2 Å². The number of rotatable bonds is 1. The summed E-state index contributed by atoms with van der Waals surface area (Å²) in [5.74, 6) is -0.759. The molecule has 0 bridgehead atoms. The van der Waals surface area contributed by atoms with Crippen LogP contribution in [0.1, 0.15) is 0 Å². The first-order valence-corrected chi connectivity index (χ1v) is 6.66. The van der Waals surface area contributed by atoms with Gasteiger partial charge in [0, 0.05) is 5.22 Å².